The number of amides is 1. The quantitative estimate of drug-likeness (QED) is 0.394. The van der Waals surface area contributed by atoms with Crippen LogP contribution in [0.2, 0.25) is 0 Å². The number of piperidine rings is 1. The van der Waals surface area contributed by atoms with Gasteiger partial charge < -0.3 is 14.4 Å². The lowest BCUT2D eigenvalue weighted by Crippen LogP contribution is -2.59. The topological polar surface area (TPSA) is 85.2 Å². The summed E-state index contributed by atoms with van der Waals surface area (Å²) in [5, 5.41) is 11.4. The van der Waals surface area contributed by atoms with E-state index in [1.165, 1.54) is 29.8 Å². The number of likely N-dealkylation sites (tertiary alicyclic amines) is 1. The molecule has 2 aliphatic heterocycles. The third-order valence-electron chi connectivity index (χ3n) is 6.63. The van der Waals surface area contributed by atoms with Gasteiger partial charge in [-0.05, 0) is 51.3 Å². The first-order chi connectivity index (χ1) is 17.5. The fourth-order valence-corrected chi connectivity index (χ4v) is 4.94. The van der Waals surface area contributed by atoms with Crippen LogP contribution in [0.25, 0.3) is 6.08 Å². The molecule has 1 spiro atoms. The van der Waals surface area contributed by atoms with Gasteiger partial charge in [-0.1, -0.05) is 42.5 Å². The average Bonchev–Trinajstić information content (AvgIpc) is 2.83. The van der Waals surface area contributed by atoms with Crippen LogP contribution in [0.5, 0.6) is 0 Å². The normalized spacial score (nSPS) is 20.3. The van der Waals surface area contributed by atoms with Crippen molar-refractivity contribution in [3.8, 4) is 0 Å². The molecule has 2 heterocycles. The predicted octanol–water partition coefficient (Wildman–Crippen LogP) is 5.42. The molecule has 0 aliphatic carbocycles. The number of ether oxygens (including phenoxy) is 2. The van der Waals surface area contributed by atoms with E-state index < -0.39 is 28.0 Å². The molecule has 0 unspecified atom stereocenters. The van der Waals surface area contributed by atoms with E-state index in [9.17, 15) is 19.3 Å². The molecule has 2 fully saturated rings. The van der Waals surface area contributed by atoms with Gasteiger partial charge in [0.2, 0.25) is 0 Å². The largest absolute Gasteiger partial charge is 0.444 e. The molecular formula is C28H34FN3O5. The highest BCUT2D eigenvalue weighted by Crippen LogP contribution is 2.34. The Balaban J connectivity index is 1.53. The van der Waals surface area contributed by atoms with Gasteiger partial charge in [-0.25, -0.2) is 9.18 Å². The molecule has 2 aromatic rings. The SMILES string of the molecule is CC(C)(C)OC(=O)N1CCC2(CC1)CN(Cc1ccccc1)C[C@@H](/C=C/c1c(F)cccc1[N+](=O)[O-])O2. The fraction of sp³-hybridized carbons (Fsp3) is 0.464. The predicted molar refractivity (Wildman–Crippen MR) is 138 cm³/mol. The highest BCUT2D eigenvalue weighted by atomic mass is 19.1. The molecule has 37 heavy (non-hydrogen) atoms. The molecule has 0 radical (unpaired) electrons. The highest BCUT2D eigenvalue weighted by Gasteiger charge is 2.43. The molecule has 198 valence electrons. The summed E-state index contributed by atoms with van der Waals surface area (Å²) in [7, 11) is 0. The van der Waals surface area contributed by atoms with Gasteiger partial charge in [-0.3, -0.25) is 15.0 Å². The molecule has 0 N–H and O–H groups in total. The smallest absolute Gasteiger partial charge is 0.410 e. The molecule has 1 amide bonds. The second-order valence-electron chi connectivity index (χ2n) is 10.8. The van der Waals surface area contributed by atoms with Crippen molar-refractivity contribution >= 4 is 17.9 Å². The summed E-state index contributed by atoms with van der Waals surface area (Å²) in [4.78, 5) is 27.4. The van der Waals surface area contributed by atoms with E-state index in [-0.39, 0.29) is 17.3 Å². The Morgan fingerprint density at radius 2 is 1.89 bits per heavy atom. The van der Waals surface area contributed by atoms with Crippen LogP contribution in [-0.2, 0) is 16.0 Å². The Kier molecular flexibility index (Phi) is 7.94. The van der Waals surface area contributed by atoms with Crippen LogP contribution < -0.4 is 0 Å². The van der Waals surface area contributed by atoms with Crippen LogP contribution in [0.15, 0.2) is 54.6 Å². The maximum Gasteiger partial charge on any atom is 0.410 e. The zero-order valence-electron chi connectivity index (χ0n) is 21.6. The molecule has 8 nitrogen and oxygen atoms in total. The number of benzene rings is 2. The van der Waals surface area contributed by atoms with Gasteiger partial charge in [0.05, 0.1) is 22.2 Å². The Morgan fingerprint density at radius 3 is 2.54 bits per heavy atom. The van der Waals surface area contributed by atoms with Gasteiger partial charge in [-0.2, -0.15) is 0 Å². The second kappa shape index (κ2) is 11.0. The maximum absolute atomic E-state index is 14.5. The van der Waals surface area contributed by atoms with Crippen molar-refractivity contribution in [3.63, 3.8) is 0 Å². The van der Waals surface area contributed by atoms with Gasteiger partial charge in [0.15, 0.2) is 0 Å². The van der Waals surface area contributed by atoms with Crippen LogP contribution in [0, 0.1) is 15.9 Å². The molecule has 2 saturated heterocycles. The standard InChI is InChI=1S/C28H34FN3O5/c1-27(2,3)37-26(33)31-16-14-28(15-17-31)20-30(18-21-8-5-4-6-9-21)19-22(36-28)12-13-23-24(29)10-7-11-25(23)32(34)35/h4-13,22H,14-20H2,1-3H3/b13-12+/t22-/m1/s1. The number of carbonyl (C=O) groups excluding carboxylic acids is 1. The van der Waals surface area contributed by atoms with Crippen molar-refractivity contribution in [2.75, 3.05) is 26.2 Å². The summed E-state index contributed by atoms with van der Waals surface area (Å²) in [5.74, 6) is -0.650. The summed E-state index contributed by atoms with van der Waals surface area (Å²) in [5.41, 5.74) is -0.246. The van der Waals surface area contributed by atoms with Gasteiger partial charge >= 0.3 is 6.09 Å². The first kappa shape index (κ1) is 26.8. The van der Waals surface area contributed by atoms with Gasteiger partial charge in [0.1, 0.15) is 11.4 Å². The Morgan fingerprint density at radius 1 is 1.19 bits per heavy atom. The summed E-state index contributed by atoms with van der Waals surface area (Å²) < 4.78 is 26.6. The molecule has 0 aromatic heterocycles. The van der Waals surface area contributed by atoms with E-state index in [0.717, 1.165) is 0 Å². The molecule has 2 aromatic carbocycles. The summed E-state index contributed by atoms with van der Waals surface area (Å²) >= 11 is 0. The highest BCUT2D eigenvalue weighted by molar-refractivity contribution is 5.68. The van der Waals surface area contributed by atoms with Crippen molar-refractivity contribution in [2.24, 2.45) is 0 Å². The second-order valence-corrected chi connectivity index (χ2v) is 10.8. The van der Waals surface area contributed by atoms with Crippen LogP contribution >= 0.6 is 0 Å². The minimum Gasteiger partial charge on any atom is -0.444 e. The minimum absolute atomic E-state index is 0.0647. The van der Waals surface area contributed by atoms with Crippen LogP contribution in [0.4, 0.5) is 14.9 Å². The van der Waals surface area contributed by atoms with Crippen molar-refractivity contribution in [2.45, 2.75) is 57.5 Å². The number of nitro benzene ring substituents is 1. The zero-order valence-corrected chi connectivity index (χ0v) is 21.6. The van der Waals surface area contributed by atoms with E-state index >= 15 is 0 Å². The first-order valence-electron chi connectivity index (χ1n) is 12.6. The first-order valence-corrected chi connectivity index (χ1v) is 12.6. The number of nitrogens with zero attached hydrogens (tertiary/aromatic N) is 3. The number of carbonyl (C=O) groups is 1. The van der Waals surface area contributed by atoms with Crippen LogP contribution in [0.1, 0.15) is 44.7 Å². The molecule has 0 bridgehead atoms. The maximum atomic E-state index is 14.5. The summed E-state index contributed by atoms with van der Waals surface area (Å²) in [6.07, 6.45) is 3.69. The minimum atomic E-state index is -0.650. The Bertz CT molecular complexity index is 1140. The van der Waals surface area contributed by atoms with E-state index in [4.69, 9.17) is 9.47 Å². The fourth-order valence-electron chi connectivity index (χ4n) is 4.94. The number of halogens is 1. The van der Waals surface area contributed by atoms with E-state index in [2.05, 4.69) is 17.0 Å². The lowest BCUT2D eigenvalue weighted by atomic mass is 9.88. The number of hydrogen-bond donors (Lipinski definition) is 0. The number of nitro groups is 1. The van der Waals surface area contributed by atoms with Crippen LogP contribution in [-0.4, -0.2) is 64.3 Å². The third-order valence-corrected chi connectivity index (χ3v) is 6.63. The zero-order chi connectivity index (χ0) is 26.6. The van der Waals surface area contributed by atoms with E-state index in [1.54, 1.807) is 11.0 Å². The summed E-state index contributed by atoms with van der Waals surface area (Å²) in [6, 6.07) is 13.9. The van der Waals surface area contributed by atoms with E-state index in [0.29, 0.717) is 45.6 Å². The molecule has 0 saturated carbocycles. The summed E-state index contributed by atoms with van der Waals surface area (Å²) in [6.45, 7) is 8.51. The number of rotatable bonds is 5. The van der Waals surface area contributed by atoms with Gasteiger partial charge in [-0.15, -0.1) is 0 Å². The Hall–Kier alpha value is -3.30. The average molecular weight is 512 g/mol. The van der Waals surface area contributed by atoms with Gasteiger partial charge in [0, 0.05) is 38.8 Å². The van der Waals surface area contributed by atoms with Crippen molar-refractivity contribution < 1.29 is 23.6 Å². The van der Waals surface area contributed by atoms with Crippen molar-refractivity contribution in [3.05, 3.63) is 81.7 Å². The molecule has 1 atom stereocenters. The molecule has 2 aliphatic rings. The monoisotopic (exact) mass is 511 g/mol. The van der Waals surface area contributed by atoms with Gasteiger partial charge in [0.25, 0.3) is 5.69 Å². The number of morpholine rings is 1. The van der Waals surface area contributed by atoms with Crippen molar-refractivity contribution in [1.29, 1.82) is 0 Å². The van der Waals surface area contributed by atoms with Crippen LogP contribution in [0.3, 0.4) is 0 Å². The molecule has 4 rings (SSSR count). The lowest BCUT2D eigenvalue weighted by molar-refractivity contribution is -0.385. The van der Waals surface area contributed by atoms with Crippen molar-refractivity contribution in [1.82, 2.24) is 9.80 Å². The Labute approximate surface area is 216 Å². The number of hydrogen-bond acceptors (Lipinski definition) is 6. The lowest BCUT2D eigenvalue weighted by Gasteiger charge is -2.49. The third kappa shape index (κ3) is 6.93. The molecular weight excluding hydrogens is 477 g/mol. The molecule has 9 heteroatoms. The van der Waals surface area contributed by atoms with E-state index in [1.807, 2.05) is 39.0 Å².